The van der Waals surface area contributed by atoms with Crippen LogP contribution >= 0.6 is 11.3 Å². The van der Waals surface area contributed by atoms with Gasteiger partial charge in [0.2, 0.25) is 0 Å². The number of thiophene rings is 1. The molecular formula is C13H15NOS. The Labute approximate surface area is 99.3 Å². The van der Waals surface area contributed by atoms with Crippen LogP contribution in [0.1, 0.15) is 29.9 Å². The molecule has 1 unspecified atom stereocenters. The maximum atomic E-state index is 11.9. The predicted molar refractivity (Wildman–Crippen MR) is 69.0 cm³/mol. The summed E-state index contributed by atoms with van der Waals surface area (Å²) < 4.78 is 1.16. The molecule has 0 spiro atoms. The molecular weight excluding hydrogens is 218 g/mol. The van der Waals surface area contributed by atoms with Crippen molar-refractivity contribution in [2.24, 2.45) is 0 Å². The van der Waals surface area contributed by atoms with Crippen LogP contribution in [0.3, 0.4) is 0 Å². The van der Waals surface area contributed by atoms with Crippen molar-refractivity contribution >= 4 is 27.3 Å². The van der Waals surface area contributed by atoms with Crippen LogP contribution in [0.2, 0.25) is 0 Å². The molecule has 1 atom stereocenters. The number of carbonyl (C=O) groups excluding carboxylic acids is 1. The second kappa shape index (κ2) is 4.66. The molecule has 0 aliphatic carbocycles. The van der Waals surface area contributed by atoms with Crippen LogP contribution in [0.5, 0.6) is 0 Å². The van der Waals surface area contributed by atoms with E-state index >= 15 is 0 Å². The van der Waals surface area contributed by atoms with Gasteiger partial charge in [0.1, 0.15) is 0 Å². The SMILES string of the molecule is CCC(C)NC(=O)c1cc2ccccc2s1. The molecule has 0 fully saturated rings. The van der Waals surface area contributed by atoms with E-state index in [-0.39, 0.29) is 11.9 Å². The van der Waals surface area contributed by atoms with Gasteiger partial charge >= 0.3 is 0 Å². The van der Waals surface area contributed by atoms with Gasteiger partial charge in [-0.1, -0.05) is 25.1 Å². The van der Waals surface area contributed by atoms with Gasteiger partial charge in [-0.05, 0) is 30.9 Å². The summed E-state index contributed by atoms with van der Waals surface area (Å²) in [6.07, 6.45) is 0.955. The minimum Gasteiger partial charge on any atom is -0.349 e. The lowest BCUT2D eigenvalue weighted by Gasteiger charge is -2.09. The highest BCUT2D eigenvalue weighted by Gasteiger charge is 2.11. The zero-order valence-corrected chi connectivity index (χ0v) is 10.3. The van der Waals surface area contributed by atoms with Gasteiger partial charge in [-0.3, -0.25) is 4.79 Å². The van der Waals surface area contributed by atoms with Crippen molar-refractivity contribution in [3.8, 4) is 0 Å². The van der Waals surface area contributed by atoms with Gasteiger partial charge in [-0.15, -0.1) is 11.3 Å². The molecule has 3 heteroatoms. The van der Waals surface area contributed by atoms with Gasteiger partial charge in [0, 0.05) is 10.7 Å². The summed E-state index contributed by atoms with van der Waals surface area (Å²) in [7, 11) is 0. The van der Waals surface area contributed by atoms with Gasteiger partial charge < -0.3 is 5.32 Å². The number of carbonyl (C=O) groups is 1. The van der Waals surface area contributed by atoms with Gasteiger partial charge in [0.25, 0.3) is 5.91 Å². The Kier molecular flexibility index (Phi) is 3.25. The summed E-state index contributed by atoms with van der Waals surface area (Å²) in [6.45, 7) is 4.08. The van der Waals surface area contributed by atoms with Crippen molar-refractivity contribution in [2.45, 2.75) is 26.3 Å². The Bertz CT molecular complexity index is 470. The maximum absolute atomic E-state index is 11.9. The van der Waals surface area contributed by atoms with Crippen LogP contribution in [0, 0.1) is 0 Å². The topological polar surface area (TPSA) is 29.1 Å². The van der Waals surface area contributed by atoms with E-state index in [0.29, 0.717) is 0 Å². The summed E-state index contributed by atoms with van der Waals surface area (Å²) in [5.41, 5.74) is 0. The summed E-state index contributed by atoms with van der Waals surface area (Å²) in [5, 5.41) is 4.12. The normalized spacial score (nSPS) is 12.6. The molecule has 2 rings (SSSR count). The van der Waals surface area contributed by atoms with Gasteiger partial charge in [0.05, 0.1) is 4.88 Å². The highest BCUT2D eigenvalue weighted by Crippen LogP contribution is 2.25. The molecule has 0 radical (unpaired) electrons. The van der Waals surface area contributed by atoms with Crippen molar-refractivity contribution in [3.05, 3.63) is 35.2 Å². The number of amides is 1. The molecule has 0 aliphatic rings. The Morgan fingerprint density at radius 3 is 2.88 bits per heavy atom. The quantitative estimate of drug-likeness (QED) is 0.864. The number of fused-ring (bicyclic) bond motifs is 1. The largest absolute Gasteiger partial charge is 0.349 e. The molecule has 2 aromatic rings. The molecule has 1 aromatic heterocycles. The molecule has 84 valence electrons. The summed E-state index contributed by atoms with van der Waals surface area (Å²) in [6, 6.07) is 10.3. The van der Waals surface area contributed by atoms with E-state index < -0.39 is 0 Å². The second-order valence-corrected chi connectivity index (χ2v) is 5.02. The fraction of sp³-hybridized carbons (Fsp3) is 0.308. The van der Waals surface area contributed by atoms with Crippen molar-refractivity contribution in [1.82, 2.24) is 5.32 Å². The average molecular weight is 233 g/mol. The Morgan fingerprint density at radius 2 is 2.19 bits per heavy atom. The summed E-state index contributed by atoms with van der Waals surface area (Å²) in [5.74, 6) is 0.0375. The molecule has 1 N–H and O–H groups in total. The third-order valence-electron chi connectivity index (χ3n) is 2.64. The van der Waals surface area contributed by atoms with Crippen molar-refractivity contribution in [3.63, 3.8) is 0 Å². The number of benzene rings is 1. The first kappa shape index (κ1) is 11.1. The van der Waals surface area contributed by atoms with Crippen molar-refractivity contribution in [2.75, 3.05) is 0 Å². The standard InChI is InChI=1S/C13H15NOS/c1-3-9(2)14-13(15)12-8-10-6-4-5-7-11(10)16-12/h4-9H,3H2,1-2H3,(H,14,15). The zero-order valence-electron chi connectivity index (χ0n) is 9.49. The monoisotopic (exact) mass is 233 g/mol. The average Bonchev–Trinajstić information content (AvgIpc) is 2.72. The maximum Gasteiger partial charge on any atom is 0.261 e. The summed E-state index contributed by atoms with van der Waals surface area (Å²) in [4.78, 5) is 12.7. The number of nitrogens with one attached hydrogen (secondary N) is 1. The molecule has 0 saturated carbocycles. The number of hydrogen-bond acceptors (Lipinski definition) is 2. The van der Waals surface area contributed by atoms with E-state index in [1.54, 1.807) is 11.3 Å². The third kappa shape index (κ3) is 2.25. The Balaban J connectivity index is 2.23. The first-order chi connectivity index (χ1) is 7.70. The highest BCUT2D eigenvalue weighted by molar-refractivity contribution is 7.20. The molecule has 1 amide bonds. The van der Waals surface area contributed by atoms with Crippen molar-refractivity contribution < 1.29 is 4.79 Å². The highest BCUT2D eigenvalue weighted by atomic mass is 32.1. The van der Waals surface area contributed by atoms with Gasteiger partial charge in [-0.25, -0.2) is 0 Å². The van der Waals surface area contributed by atoms with Crippen LogP contribution in [0.15, 0.2) is 30.3 Å². The summed E-state index contributed by atoms with van der Waals surface area (Å²) >= 11 is 1.55. The smallest absolute Gasteiger partial charge is 0.261 e. The minimum absolute atomic E-state index is 0.0375. The van der Waals surface area contributed by atoms with Crippen LogP contribution in [0.25, 0.3) is 10.1 Å². The first-order valence-corrected chi connectivity index (χ1v) is 6.31. The number of rotatable bonds is 3. The Morgan fingerprint density at radius 1 is 1.44 bits per heavy atom. The second-order valence-electron chi connectivity index (χ2n) is 3.93. The molecule has 16 heavy (non-hydrogen) atoms. The lowest BCUT2D eigenvalue weighted by atomic mass is 10.2. The fourth-order valence-corrected chi connectivity index (χ4v) is 2.46. The molecule has 2 nitrogen and oxygen atoms in total. The molecule has 0 aliphatic heterocycles. The van der Waals surface area contributed by atoms with E-state index in [1.807, 2.05) is 37.3 Å². The molecule has 0 saturated heterocycles. The zero-order chi connectivity index (χ0) is 11.5. The number of hydrogen-bond donors (Lipinski definition) is 1. The van der Waals surface area contributed by atoms with E-state index in [1.165, 1.54) is 0 Å². The van der Waals surface area contributed by atoms with Crippen LogP contribution in [-0.4, -0.2) is 11.9 Å². The Hall–Kier alpha value is -1.35. The molecule has 1 heterocycles. The lowest BCUT2D eigenvalue weighted by Crippen LogP contribution is -2.31. The lowest BCUT2D eigenvalue weighted by molar-refractivity contribution is 0.0943. The van der Waals surface area contributed by atoms with Gasteiger partial charge in [0.15, 0.2) is 0 Å². The predicted octanol–water partition coefficient (Wildman–Crippen LogP) is 3.43. The van der Waals surface area contributed by atoms with Crippen LogP contribution in [0.4, 0.5) is 0 Å². The first-order valence-electron chi connectivity index (χ1n) is 5.50. The van der Waals surface area contributed by atoms with Crippen LogP contribution < -0.4 is 5.32 Å². The molecule has 0 bridgehead atoms. The fourth-order valence-electron chi connectivity index (χ4n) is 1.49. The van der Waals surface area contributed by atoms with E-state index in [9.17, 15) is 4.79 Å². The van der Waals surface area contributed by atoms with E-state index in [2.05, 4.69) is 12.2 Å². The molecule has 1 aromatic carbocycles. The van der Waals surface area contributed by atoms with Crippen LogP contribution in [-0.2, 0) is 0 Å². The van der Waals surface area contributed by atoms with Crippen molar-refractivity contribution in [1.29, 1.82) is 0 Å². The third-order valence-corrected chi connectivity index (χ3v) is 3.75. The van der Waals surface area contributed by atoms with Gasteiger partial charge in [-0.2, -0.15) is 0 Å². The van der Waals surface area contributed by atoms with E-state index in [0.717, 1.165) is 21.4 Å². The minimum atomic E-state index is 0.0375. The van der Waals surface area contributed by atoms with E-state index in [4.69, 9.17) is 0 Å².